The van der Waals surface area contributed by atoms with Gasteiger partial charge in [-0.1, -0.05) is 11.6 Å². The molecule has 0 amide bonds. The van der Waals surface area contributed by atoms with Crippen LogP contribution in [-0.4, -0.2) is 19.2 Å². The summed E-state index contributed by atoms with van der Waals surface area (Å²) in [6.07, 6.45) is 1.69. The van der Waals surface area contributed by atoms with Crippen LogP contribution in [0.5, 0.6) is 11.5 Å². The van der Waals surface area contributed by atoms with Crippen molar-refractivity contribution in [3.8, 4) is 11.5 Å². The number of aromatic nitrogens is 1. The van der Waals surface area contributed by atoms with Gasteiger partial charge in [-0.15, -0.1) is 0 Å². The van der Waals surface area contributed by atoms with Gasteiger partial charge < -0.3 is 9.47 Å². The number of nitrogens with zero attached hydrogens (tertiary/aromatic N) is 1. The SMILES string of the molecule is COc1cc(OC)c2ncc(Br)c(Br)c2c1Cl. The van der Waals surface area contributed by atoms with Crippen molar-refractivity contribution in [2.24, 2.45) is 0 Å². The summed E-state index contributed by atoms with van der Waals surface area (Å²) in [4.78, 5) is 4.31. The fourth-order valence-electron chi connectivity index (χ4n) is 1.53. The first-order valence-corrected chi connectivity index (χ1v) is 6.60. The lowest BCUT2D eigenvalue weighted by atomic mass is 10.2. The molecule has 0 radical (unpaired) electrons. The van der Waals surface area contributed by atoms with Crippen LogP contribution in [-0.2, 0) is 0 Å². The standard InChI is InChI=1S/C11H8Br2ClNO2/c1-16-6-3-7(17-2)11-8(10(6)14)9(13)5(12)4-15-11/h3-4H,1-2H3. The minimum absolute atomic E-state index is 0.504. The van der Waals surface area contributed by atoms with E-state index in [1.165, 1.54) is 0 Å². The fraction of sp³-hybridized carbons (Fsp3) is 0.182. The number of hydrogen-bond donors (Lipinski definition) is 0. The van der Waals surface area contributed by atoms with Gasteiger partial charge in [0.2, 0.25) is 0 Å². The molecule has 0 fully saturated rings. The van der Waals surface area contributed by atoms with Gasteiger partial charge in [0.1, 0.15) is 17.0 Å². The second kappa shape index (κ2) is 5.00. The van der Waals surface area contributed by atoms with E-state index in [1.807, 2.05) is 0 Å². The minimum atomic E-state index is 0.504. The lowest BCUT2D eigenvalue weighted by Crippen LogP contribution is -1.93. The maximum atomic E-state index is 6.28. The van der Waals surface area contributed by atoms with Crippen molar-refractivity contribution in [2.45, 2.75) is 0 Å². The molecule has 0 N–H and O–H groups in total. The summed E-state index contributed by atoms with van der Waals surface area (Å²) < 4.78 is 12.1. The molecule has 3 nitrogen and oxygen atoms in total. The molecule has 17 heavy (non-hydrogen) atoms. The molecule has 1 heterocycles. The monoisotopic (exact) mass is 379 g/mol. The summed E-state index contributed by atoms with van der Waals surface area (Å²) in [7, 11) is 3.14. The Morgan fingerprint density at radius 1 is 1.18 bits per heavy atom. The van der Waals surface area contributed by atoms with Crippen molar-refractivity contribution in [1.29, 1.82) is 0 Å². The summed E-state index contributed by atoms with van der Waals surface area (Å²) in [6.45, 7) is 0. The molecule has 1 aromatic heterocycles. The normalized spacial score (nSPS) is 10.6. The second-order valence-corrected chi connectivity index (χ2v) is 5.26. The van der Waals surface area contributed by atoms with Gasteiger partial charge in [-0.2, -0.15) is 0 Å². The number of methoxy groups -OCH3 is 2. The highest BCUT2D eigenvalue weighted by Gasteiger charge is 2.16. The van der Waals surface area contributed by atoms with E-state index >= 15 is 0 Å². The Kier molecular flexibility index (Phi) is 3.80. The van der Waals surface area contributed by atoms with Crippen molar-refractivity contribution in [3.05, 3.63) is 26.2 Å². The lowest BCUT2D eigenvalue weighted by molar-refractivity contribution is 0.397. The van der Waals surface area contributed by atoms with Crippen LogP contribution in [0.3, 0.4) is 0 Å². The highest BCUT2D eigenvalue weighted by molar-refractivity contribution is 9.13. The number of rotatable bonds is 2. The predicted molar refractivity (Wildman–Crippen MR) is 75.3 cm³/mol. The first-order chi connectivity index (χ1) is 8.10. The van der Waals surface area contributed by atoms with Crippen LogP contribution in [0, 0.1) is 0 Å². The van der Waals surface area contributed by atoms with Crippen molar-refractivity contribution in [2.75, 3.05) is 14.2 Å². The minimum Gasteiger partial charge on any atom is -0.495 e. The first-order valence-electron chi connectivity index (χ1n) is 4.64. The summed E-state index contributed by atoms with van der Waals surface area (Å²) in [5, 5.41) is 1.27. The van der Waals surface area contributed by atoms with Crippen LogP contribution in [0.4, 0.5) is 0 Å². The summed E-state index contributed by atoms with van der Waals surface area (Å²) in [5.41, 5.74) is 0.688. The van der Waals surface area contributed by atoms with E-state index in [0.29, 0.717) is 22.0 Å². The van der Waals surface area contributed by atoms with Gasteiger partial charge in [-0.25, -0.2) is 0 Å². The molecular weight excluding hydrogens is 373 g/mol. The third-order valence-electron chi connectivity index (χ3n) is 2.34. The molecule has 1 aromatic carbocycles. The molecule has 0 bridgehead atoms. The summed E-state index contributed by atoms with van der Waals surface area (Å²) >= 11 is 13.1. The fourth-order valence-corrected chi connectivity index (χ4v) is 2.75. The molecule has 0 aliphatic rings. The number of benzene rings is 1. The number of fused-ring (bicyclic) bond motifs is 1. The van der Waals surface area contributed by atoms with Crippen molar-refractivity contribution < 1.29 is 9.47 Å². The molecule has 0 atom stereocenters. The highest BCUT2D eigenvalue weighted by atomic mass is 79.9. The maximum absolute atomic E-state index is 6.28. The number of hydrogen-bond acceptors (Lipinski definition) is 3. The van der Waals surface area contributed by atoms with Gasteiger partial charge in [0.25, 0.3) is 0 Å². The van der Waals surface area contributed by atoms with E-state index in [1.54, 1.807) is 26.5 Å². The Balaban J connectivity index is 2.95. The zero-order chi connectivity index (χ0) is 12.6. The Bertz CT molecular complexity index is 589. The number of pyridine rings is 1. The molecule has 90 valence electrons. The molecule has 6 heteroatoms. The van der Waals surface area contributed by atoms with Crippen LogP contribution in [0.15, 0.2) is 21.2 Å². The van der Waals surface area contributed by atoms with E-state index < -0.39 is 0 Å². The molecule has 0 aliphatic heterocycles. The van der Waals surface area contributed by atoms with Crippen LogP contribution in [0.1, 0.15) is 0 Å². The van der Waals surface area contributed by atoms with Gasteiger partial charge in [0, 0.05) is 22.1 Å². The van der Waals surface area contributed by atoms with Crippen LogP contribution in [0.25, 0.3) is 10.9 Å². The van der Waals surface area contributed by atoms with Gasteiger partial charge in [-0.3, -0.25) is 4.98 Å². The molecule has 0 unspecified atom stereocenters. The predicted octanol–water partition coefficient (Wildman–Crippen LogP) is 4.43. The van der Waals surface area contributed by atoms with Gasteiger partial charge in [-0.05, 0) is 31.9 Å². The maximum Gasteiger partial charge on any atom is 0.148 e. The zero-order valence-electron chi connectivity index (χ0n) is 9.05. The van der Waals surface area contributed by atoms with Gasteiger partial charge in [0.15, 0.2) is 0 Å². The van der Waals surface area contributed by atoms with E-state index in [0.717, 1.165) is 14.3 Å². The molecule has 0 spiro atoms. The Labute approximate surface area is 120 Å². The average molecular weight is 381 g/mol. The molecular formula is C11H8Br2ClNO2. The van der Waals surface area contributed by atoms with E-state index in [-0.39, 0.29) is 0 Å². The number of halogens is 3. The quantitative estimate of drug-likeness (QED) is 0.771. The molecule has 0 saturated carbocycles. The van der Waals surface area contributed by atoms with Crippen molar-refractivity contribution >= 4 is 54.4 Å². The van der Waals surface area contributed by atoms with Crippen molar-refractivity contribution in [1.82, 2.24) is 4.98 Å². The smallest absolute Gasteiger partial charge is 0.148 e. The van der Waals surface area contributed by atoms with Gasteiger partial charge in [0.05, 0.1) is 23.7 Å². The Hall–Kier alpha value is -0.520. The van der Waals surface area contributed by atoms with E-state index in [2.05, 4.69) is 36.8 Å². The molecule has 0 aliphatic carbocycles. The zero-order valence-corrected chi connectivity index (χ0v) is 13.0. The first kappa shape index (κ1) is 12.9. The van der Waals surface area contributed by atoms with E-state index in [4.69, 9.17) is 21.1 Å². The molecule has 0 saturated heterocycles. The highest BCUT2D eigenvalue weighted by Crippen LogP contribution is 2.43. The lowest BCUT2D eigenvalue weighted by Gasteiger charge is -2.12. The van der Waals surface area contributed by atoms with Crippen LogP contribution < -0.4 is 9.47 Å². The third-order valence-corrected chi connectivity index (χ3v) is 4.68. The Morgan fingerprint density at radius 3 is 2.41 bits per heavy atom. The Morgan fingerprint density at radius 2 is 1.82 bits per heavy atom. The summed E-state index contributed by atoms with van der Waals surface area (Å²) in [5.74, 6) is 1.17. The average Bonchev–Trinajstić information content (AvgIpc) is 2.34. The third kappa shape index (κ3) is 2.11. The number of ether oxygens (including phenoxy) is 2. The van der Waals surface area contributed by atoms with Crippen LogP contribution >= 0.6 is 43.5 Å². The topological polar surface area (TPSA) is 31.4 Å². The second-order valence-electron chi connectivity index (χ2n) is 3.24. The van der Waals surface area contributed by atoms with Gasteiger partial charge >= 0.3 is 0 Å². The van der Waals surface area contributed by atoms with E-state index in [9.17, 15) is 0 Å². The van der Waals surface area contributed by atoms with Crippen molar-refractivity contribution in [3.63, 3.8) is 0 Å². The largest absolute Gasteiger partial charge is 0.495 e. The van der Waals surface area contributed by atoms with Crippen LogP contribution in [0.2, 0.25) is 5.02 Å². The summed E-state index contributed by atoms with van der Waals surface area (Å²) in [6, 6.07) is 1.72. The molecule has 2 rings (SSSR count). The molecule has 2 aromatic rings.